The Kier molecular flexibility index (Phi) is 6.14. The molecule has 2 saturated heterocycles. The van der Waals surface area contributed by atoms with Crippen molar-refractivity contribution in [3.63, 3.8) is 0 Å². The average molecular weight is 405 g/mol. The van der Waals surface area contributed by atoms with Gasteiger partial charge in [-0.25, -0.2) is 4.79 Å². The molecule has 0 aliphatic carbocycles. The highest BCUT2D eigenvalue weighted by Crippen LogP contribution is 2.46. The predicted octanol–water partition coefficient (Wildman–Crippen LogP) is 5.04. The molecule has 2 bridgehead atoms. The van der Waals surface area contributed by atoms with Gasteiger partial charge in [0.05, 0.1) is 17.8 Å². The maximum Gasteiger partial charge on any atom is 0.335 e. The Morgan fingerprint density at radius 1 is 1.07 bits per heavy atom. The number of allylic oxidation sites excluding steroid dienone is 1. The van der Waals surface area contributed by atoms with Crippen LogP contribution in [0.3, 0.4) is 0 Å². The van der Waals surface area contributed by atoms with Crippen LogP contribution in [-0.4, -0.2) is 29.1 Å². The molecular weight excluding hydrogens is 376 g/mol. The van der Waals surface area contributed by atoms with Crippen molar-refractivity contribution in [1.29, 1.82) is 0 Å². The highest BCUT2D eigenvalue weighted by atomic mass is 16.5. The van der Waals surface area contributed by atoms with Crippen LogP contribution in [-0.2, 0) is 16.0 Å². The van der Waals surface area contributed by atoms with Gasteiger partial charge in [-0.05, 0) is 60.9 Å². The van der Waals surface area contributed by atoms with Crippen molar-refractivity contribution in [1.82, 2.24) is 0 Å². The molecule has 2 aliphatic heterocycles. The number of carbonyl (C=O) groups is 2. The van der Waals surface area contributed by atoms with E-state index in [0.29, 0.717) is 11.5 Å². The molecule has 0 radical (unpaired) electrons. The molecule has 2 heterocycles. The normalized spacial score (nSPS) is 26.2. The van der Waals surface area contributed by atoms with Crippen molar-refractivity contribution in [2.24, 2.45) is 11.8 Å². The molecule has 1 unspecified atom stereocenters. The molecule has 2 aromatic rings. The van der Waals surface area contributed by atoms with Crippen molar-refractivity contribution in [2.75, 3.05) is 0 Å². The second-order valence-electron chi connectivity index (χ2n) is 8.47. The van der Waals surface area contributed by atoms with Crippen LogP contribution in [0.15, 0.2) is 66.7 Å². The third-order valence-electron chi connectivity index (χ3n) is 6.66. The van der Waals surface area contributed by atoms with Gasteiger partial charge in [0, 0.05) is 11.8 Å². The van der Waals surface area contributed by atoms with Crippen molar-refractivity contribution < 1.29 is 19.4 Å². The van der Waals surface area contributed by atoms with E-state index in [1.165, 1.54) is 0 Å². The van der Waals surface area contributed by atoms with Crippen LogP contribution in [0, 0.1) is 11.8 Å². The second kappa shape index (κ2) is 8.97. The van der Waals surface area contributed by atoms with Crippen molar-refractivity contribution in [3.05, 3.63) is 83.4 Å². The summed E-state index contributed by atoms with van der Waals surface area (Å²) in [5.41, 5.74) is 2.49. The van der Waals surface area contributed by atoms with E-state index in [4.69, 9.17) is 9.84 Å². The Balaban J connectivity index is 1.40. The van der Waals surface area contributed by atoms with Crippen LogP contribution in [0.2, 0.25) is 0 Å². The van der Waals surface area contributed by atoms with E-state index in [9.17, 15) is 9.59 Å². The summed E-state index contributed by atoms with van der Waals surface area (Å²) in [5, 5.41) is 9.05. The molecule has 1 N–H and O–H groups in total. The molecule has 5 atom stereocenters. The second-order valence-corrected chi connectivity index (χ2v) is 8.47. The molecule has 30 heavy (non-hydrogen) atoms. The summed E-state index contributed by atoms with van der Waals surface area (Å²) < 4.78 is 6.17. The summed E-state index contributed by atoms with van der Waals surface area (Å²) in [4.78, 5) is 23.7. The lowest BCUT2D eigenvalue weighted by Crippen LogP contribution is -2.26. The van der Waals surface area contributed by atoms with Crippen LogP contribution >= 0.6 is 0 Å². The first-order valence-electron chi connectivity index (χ1n) is 10.8. The van der Waals surface area contributed by atoms with E-state index in [0.717, 1.165) is 36.8 Å². The SMILES string of the molecule is CC(C(=O)/C=C/[C@H]1[C@@H](CCc2ccc(C(=O)O)cc2)[C@H]2CC[C@@H]1O2)c1ccccc1. The number of carboxylic acid groups (broad SMARTS) is 1. The summed E-state index contributed by atoms with van der Waals surface area (Å²) in [5.74, 6) is -0.240. The minimum atomic E-state index is -0.900. The van der Waals surface area contributed by atoms with E-state index in [-0.39, 0.29) is 29.8 Å². The first kappa shape index (κ1) is 20.5. The topological polar surface area (TPSA) is 63.6 Å². The van der Waals surface area contributed by atoms with Gasteiger partial charge in [-0.1, -0.05) is 55.5 Å². The van der Waals surface area contributed by atoms with Gasteiger partial charge in [0.2, 0.25) is 0 Å². The van der Waals surface area contributed by atoms with Gasteiger partial charge >= 0.3 is 5.97 Å². The van der Waals surface area contributed by atoms with Gasteiger partial charge in [0.15, 0.2) is 5.78 Å². The maximum absolute atomic E-state index is 12.7. The predicted molar refractivity (Wildman–Crippen MR) is 116 cm³/mol. The number of hydrogen-bond acceptors (Lipinski definition) is 3. The summed E-state index contributed by atoms with van der Waals surface area (Å²) >= 11 is 0. The fourth-order valence-electron chi connectivity index (χ4n) is 4.86. The van der Waals surface area contributed by atoms with Crippen molar-refractivity contribution >= 4 is 11.8 Å². The number of ketones is 1. The summed E-state index contributed by atoms with van der Waals surface area (Å²) in [7, 11) is 0. The third kappa shape index (κ3) is 4.39. The number of ether oxygens (including phenoxy) is 1. The fourth-order valence-corrected chi connectivity index (χ4v) is 4.86. The zero-order valence-electron chi connectivity index (χ0n) is 17.2. The number of carbonyl (C=O) groups excluding carboxylic acids is 1. The molecule has 0 spiro atoms. The number of benzene rings is 2. The average Bonchev–Trinajstić information content (AvgIpc) is 3.38. The summed E-state index contributed by atoms with van der Waals surface area (Å²) in [6.45, 7) is 1.96. The lowest BCUT2D eigenvalue weighted by Gasteiger charge is -2.25. The Hall–Kier alpha value is -2.72. The Labute approximate surface area is 177 Å². The largest absolute Gasteiger partial charge is 0.478 e. The third-order valence-corrected chi connectivity index (χ3v) is 6.66. The summed E-state index contributed by atoms with van der Waals surface area (Å²) in [6.07, 6.45) is 8.35. The zero-order chi connectivity index (χ0) is 21.1. The van der Waals surface area contributed by atoms with Gasteiger partial charge in [-0.3, -0.25) is 4.79 Å². The molecule has 0 aromatic heterocycles. The van der Waals surface area contributed by atoms with E-state index < -0.39 is 5.97 Å². The molecule has 0 amide bonds. The number of hydrogen-bond donors (Lipinski definition) is 1. The van der Waals surface area contributed by atoms with Crippen molar-refractivity contribution in [3.8, 4) is 0 Å². The van der Waals surface area contributed by atoms with Gasteiger partial charge in [0.25, 0.3) is 0 Å². The molecule has 2 fully saturated rings. The molecule has 4 heteroatoms. The highest BCUT2D eigenvalue weighted by Gasteiger charge is 2.47. The van der Waals surface area contributed by atoms with Gasteiger partial charge in [-0.15, -0.1) is 0 Å². The lowest BCUT2D eigenvalue weighted by molar-refractivity contribution is -0.115. The van der Waals surface area contributed by atoms with Crippen LogP contribution in [0.1, 0.15) is 53.6 Å². The van der Waals surface area contributed by atoms with Crippen LogP contribution < -0.4 is 0 Å². The minimum absolute atomic E-state index is 0.131. The van der Waals surface area contributed by atoms with E-state index in [1.54, 1.807) is 18.2 Å². The van der Waals surface area contributed by atoms with Gasteiger partial charge in [0.1, 0.15) is 0 Å². The minimum Gasteiger partial charge on any atom is -0.478 e. The lowest BCUT2D eigenvalue weighted by atomic mass is 9.76. The Bertz CT molecular complexity index is 916. The summed E-state index contributed by atoms with van der Waals surface area (Å²) in [6, 6.07) is 17.0. The van der Waals surface area contributed by atoms with E-state index in [1.807, 2.05) is 49.4 Å². The van der Waals surface area contributed by atoms with E-state index in [2.05, 4.69) is 6.08 Å². The zero-order valence-corrected chi connectivity index (χ0v) is 17.2. The smallest absolute Gasteiger partial charge is 0.335 e. The number of rotatable bonds is 8. The van der Waals surface area contributed by atoms with E-state index >= 15 is 0 Å². The standard InChI is InChI=1S/C26H28O4/c1-17(19-5-3-2-4-6-19)23(27)14-13-22-21(24-15-16-25(22)30-24)12-9-18-7-10-20(11-8-18)26(28)29/h2-8,10-11,13-14,17,21-22,24-25H,9,12,15-16H2,1H3,(H,28,29)/b14-13+/t17?,21-,22+,24-,25+/m1/s1. The highest BCUT2D eigenvalue weighted by molar-refractivity contribution is 5.95. The number of carboxylic acids is 1. The first-order chi connectivity index (χ1) is 14.5. The van der Waals surface area contributed by atoms with Gasteiger partial charge in [-0.2, -0.15) is 0 Å². The molecule has 156 valence electrons. The molecule has 2 aromatic carbocycles. The maximum atomic E-state index is 12.7. The molecule has 0 saturated carbocycles. The van der Waals surface area contributed by atoms with Crippen LogP contribution in [0.4, 0.5) is 0 Å². The van der Waals surface area contributed by atoms with Gasteiger partial charge < -0.3 is 9.84 Å². The monoisotopic (exact) mass is 404 g/mol. The Morgan fingerprint density at radius 2 is 1.77 bits per heavy atom. The number of aromatic carboxylic acids is 1. The fraction of sp³-hybridized carbons (Fsp3) is 0.385. The molecular formula is C26H28O4. The van der Waals surface area contributed by atoms with Crippen LogP contribution in [0.5, 0.6) is 0 Å². The van der Waals surface area contributed by atoms with Crippen LogP contribution in [0.25, 0.3) is 0 Å². The Morgan fingerprint density at radius 3 is 2.47 bits per heavy atom. The van der Waals surface area contributed by atoms with Crippen molar-refractivity contribution in [2.45, 2.75) is 50.7 Å². The molecule has 4 nitrogen and oxygen atoms in total. The number of fused-ring (bicyclic) bond motifs is 2. The molecule has 2 aliphatic rings. The first-order valence-corrected chi connectivity index (χ1v) is 10.8. The quantitative estimate of drug-likeness (QED) is 0.626. The number of aryl methyl sites for hydroxylation is 1. The molecule has 4 rings (SSSR count).